The number of carbonyl (C=O) groups is 3. The lowest BCUT2D eigenvalue weighted by Crippen LogP contribution is -2.47. The van der Waals surface area contributed by atoms with Gasteiger partial charge < -0.3 is 10.1 Å². The summed E-state index contributed by atoms with van der Waals surface area (Å²) in [7, 11) is 0. The predicted octanol–water partition coefficient (Wildman–Crippen LogP) is 2.05. The number of amides is 1. The molecule has 0 heterocycles. The highest BCUT2D eigenvalue weighted by Crippen LogP contribution is 2.15. The molecule has 3 unspecified atom stereocenters. The molecule has 21 heavy (non-hydrogen) atoms. The van der Waals surface area contributed by atoms with Gasteiger partial charge in [0.15, 0.2) is 5.78 Å². The number of Topliss-reactive ketones (excluding diaryl/α,β-unsaturated/α-hetero) is 1. The lowest BCUT2D eigenvalue weighted by Gasteiger charge is -2.24. The van der Waals surface area contributed by atoms with E-state index in [-0.39, 0.29) is 37.2 Å². The van der Waals surface area contributed by atoms with E-state index < -0.39 is 23.8 Å². The summed E-state index contributed by atoms with van der Waals surface area (Å²) >= 11 is 0. The van der Waals surface area contributed by atoms with E-state index in [9.17, 15) is 14.4 Å². The normalized spacial score (nSPS) is 14.9. The van der Waals surface area contributed by atoms with Crippen LogP contribution in [-0.2, 0) is 19.1 Å². The lowest BCUT2D eigenvalue weighted by atomic mass is 9.93. The van der Waals surface area contributed by atoms with Gasteiger partial charge in [-0.1, -0.05) is 27.7 Å². The summed E-state index contributed by atoms with van der Waals surface area (Å²) in [5, 5.41) is 2.71. The molecular weight excluding hydrogens is 290 g/mol. The van der Waals surface area contributed by atoms with E-state index in [4.69, 9.17) is 4.74 Å². The van der Waals surface area contributed by atoms with E-state index in [1.54, 1.807) is 27.7 Å². The topological polar surface area (TPSA) is 72.5 Å². The third-order valence-electron chi connectivity index (χ3n) is 3.29. The van der Waals surface area contributed by atoms with Gasteiger partial charge in [-0.3, -0.25) is 14.4 Å². The highest BCUT2D eigenvalue weighted by Gasteiger charge is 2.30. The molecule has 0 aromatic rings. The second kappa shape index (κ2) is 9.82. The Morgan fingerprint density at radius 3 is 1.71 bits per heavy atom. The SMILES string of the molecule is CC(=O)C(NC(=O)C(C)C(C)C(=O)OC(C)C)C(C)C.S. The van der Waals surface area contributed by atoms with E-state index in [0.29, 0.717) is 0 Å². The van der Waals surface area contributed by atoms with Gasteiger partial charge in [-0.05, 0) is 26.7 Å². The first kappa shape index (κ1) is 22.2. The molecule has 0 rings (SSSR count). The average molecular weight is 319 g/mol. The van der Waals surface area contributed by atoms with Crippen LogP contribution in [0.15, 0.2) is 0 Å². The van der Waals surface area contributed by atoms with Gasteiger partial charge in [-0.2, -0.15) is 13.5 Å². The Morgan fingerprint density at radius 1 is 0.905 bits per heavy atom. The van der Waals surface area contributed by atoms with E-state index in [1.807, 2.05) is 13.8 Å². The Bertz CT molecular complexity index is 369. The van der Waals surface area contributed by atoms with Crippen LogP contribution in [0.5, 0.6) is 0 Å². The van der Waals surface area contributed by atoms with Gasteiger partial charge in [0.2, 0.25) is 5.91 Å². The van der Waals surface area contributed by atoms with Gasteiger partial charge in [-0.15, -0.1) is 0 Å². The first-order chi connectivity index (χ1) is 9.07. The number of ketones is 1. The standard InChI is InChI=1S/C15H27NO4.H2S/c1-8(2)13(12(7)17)16-14(18)10(5)11(6)15(19)20-9(3)4;/h8-11,13H,1-7H3,(H,16,18);1H2. The fourth-order valence-corrected chi connectivity index (χ4v) is 1.79. The van der Waals surface area contributed by atoms with Crippen LogP contribution in [0.3, 0.4) is 0 Å². The van der Waals surface area contributed by atoms with Crippen molar-refractivity contribution in [2.75, 3.05) is 0 Å². The molecule has 0 aliphatic rings. The monoisotopic (exact) mass is 319 g/mol. The summed E-state index contributed by atoms with van der Waals surface area (Å²) in [4.78, 5) is 35.4. The number of ether oxygens (including phenoxy) is 1. The highest BCUT2D eigenvalue weighted by molar-refractivity contribution is 7.59. The van der Waals surface area contributed by atoms with E-state index in [0.717, 1.165) is 0 Å². The quantitative estimate of drug-likeness (QED) is 0.729. The molecule has 0 aromatic heterocycles. The molecule has 0 radical (unpaired) electrons. The minimum absolute atomic E-state index is 0. The van der Waals surface area contributed by atoms with Crippen LogP contribution in [0.1, 0.15) is 48.5 Å². The number of hydrogen-bond acceptors (Lipinski definition) is 4. The van der Waals surface area contributed by atoms with Crippen LogP contribution in [-0.4, -0.2) is 29.8 Å². The van der Waals surface area contributed by atoms with Crippen molar-refractivity contribution < 1.29 is 19.1 Å². The Morgan fingerprint density at radius 2 is 1.38 bits per heavy atom. The summed E-state index contributed by atoms with van der Waals surface area (Å²) in [6.07, 6.45) is -0.208. The molecule has 0 saturated heterocycles. The lowest BCUT2D eigenvalue weighted by molar-refractivity contribution is -0.155. The van der Waals surface area contributed by atoms with Crippen molar-refractivity contribution in [1.82, 2.24) is 5.32 Å². The molecule has 1 amide bonds. The van der Waals surface area contributed by atoms with Gasteiger partial charge in [0, 0.05) is 5.92 Å². The van der Waals surface area contributed by atoms with Crippen molar-refractivity contribution in [2.45, 2.75) is 60.6 Å². The average Bonchev–Trinajstić information content (AvgIpc) is 2.31. The van der Waals surface area contributed by atoms with Crippen LogP contribution in [0.2, 0.25) is 0 Å². The first-order valence-electron chi connectivity index (χ1n) is 7.09. The van der Waals surface area contributed by atoms with Crippen LogP contribution in [0.4, 0.5) is 0 Å². The fraction of sp³-hybridized carbons (Fsp3) is 0.800. The zero-order valence-corrected chi connectivity index (χ0v) is 15.0. The molecule has 0 fully saturated rings. The molecule has 0 spiro atoms. The van der Waals surface area contributed by atoms with E-state index in [2.05, 4.69) is 5.32 Å². The van der Waals surface area contributed by atoms with Gasteiger partial charge >= 0.3 is 5.97 Å². The highest BCUT2D eigenvalue weighted by atomic mass is 32.1. The van der Waals surface area contributed by atoms with Crippen molar-refractivity contribution in [1.29, 1.82) is 0 Å². The second-order valence-corrected chi connectivity index (χ2v) is 5.90. The van der Waals surface area contributed by atoms with Crippen LogP contribution < -0.4 is 5.32 Å². The zero-order chi connectivity index (χ0) is 16.0. The molecule has 5 nitrogen and oxygen atoms in total. The Labute approximate surface area is 134 Å². The molecule has 6 heteroatoms. The Hall–Kier alpha value is -1.04. The third kappa shape index (κ3) is 7.50. The number of nitrogens with one attached hydrogen (secondary N) is 1. The number of hydrogen-bond donors (Lipinski definition) is 1. The summed E-state index contributed by atoms with van der Waals surface area (Å²) in [5.74, 6) is -1.85. The summed E-state index contributed by atoms with van der Waals surface area (Å²) in [5.41, 5.74) is 0. The molecule has 0 aliphatic heterocycles. The number of rotatable bonds is 7. The second-order valence-electron chi connectivity index (χ2n) is 5.90. The van der Waals surface area contributed by atoms with Gasteiger partial charge in [0.25, 0.3) is 0 Å². The zero-order valence-electron chi connectivity index (χ0n) is 14.0. The van der Waals surface area contributed by atoms with Crippen molar-refractivity contribution in [2.24, 2.45) is 17.8 Å². The minimum Gasteiger partial charge on any atom is -0.463 e. The van der Waals surface area contributed by atoms with Crippen molar-refractivity contribution in [3.05, 3.63) is 0 Å². The largest absolute Gasteiger partial charge is 0.463 e. The fourth-order valence-electron chi connectivity index (χ4n) is 1.79. The molecule has 0 saturated carbocycles. The Balaban J connectivity index is 0. The predicted molar refractivity (Wildman–Crippen MR) is 87.4 cm³/mol. The molecule has 0 bridgehead atoms. The molecule has 0 aromatic carbocycles. The van der Waals surface area contributed by atoms with Gasteiger partial charge in [-0.25, -0.2) is 0 Å². The van der Waals surface area contributed by atoms with Gasteiger partial charge in [0.05, 0.1) is 18.1 Å². The van der Waals surface area contributed by atoms with Gasteiger partial charge in [0.1, 0.15) is 0 Å². The van der Waals surface area contributed by atoms with E-state index >= 15 is 0 Å². The molecule has 0 aliphatic carbocycles. The summed E-state index contributed by atoms with van der Waals surface area (Å²) in [6.45, 7) is 12.0. The van der Waals surface area contributed by atoms with Crippen molar-refractivity contribution >= 4 is 31.2 Å². The van der Waals surface area contributed by atoms with Crippen molar-refractivity contribution in [3.63, 3.8) is 0 Å². The molecule has 1 N–H and O–H groups in total. The minimum atomic E-state index is -0.544. The summed E-state index contributed by atoms with van der Waals surface area (Å²) < 4.78 is 5.10. The summed E-state index contributed by atoms with van der Waals surface area (Å²) in [6, 6.07) is -0.515. The maximum absolute atomic E-state index is 12.1. The number of carbonyl (C=O) groups excluding carboxylic acids is 3. The first-order valence-corrected chi connectivity index (χ1v) is 7.09. The third-order valence-corrected chi connectivity index (χ3v) is 3.29. The van der Waals surface area contributed by atoms with Crippen LogP contribution in [0.25, 0.3) is 0 Å². The van der Waals surface area contributed by atoms with Crippen LogP contribution in [0, 0.1) is 17.8 Å². The smallest absolute Gasteiger partial charge is 0.309 e. The van der Waals surface area contributed by atoms with Crippen LogP contribution >= 0.6 is 13.5 Å². The molecule has 124 valence electrons. The molecule has 3 atom stereocenters. The Kier molecular flexibility index (Phi) is 10.4. The van der Waals surface area contributed by atoms with E-state index in [1.165, 1.54) is 6.92 Å². The van der Waals surface area contributed by atoms with Crippen molar-refractivity contribution in [3.8, 4) is 0 Å². The number of esters is 1. The maximum Gasteiger partial charge on any atom is 0.309 e. The molecular formula is C15H29NO4S. The maximum atomic E-state index is 12.1.